The topological polar surface area (TPSA) is 79.3 Å². The van der Waals surface area contributed by atoms with E-state index in [-0.39, 0.29) is 0 Å². The van der Waals surface area contributed by atoms with Crippen LogP contribution in [-0.2, 0) is 10.0 Å². The van der Waals surface area contributed by atoms with E-state index in [9.17, 15) is 8.42 Å². The van der Waals surface area contributed by atoms with Gasteiger partial charge in [0.2, 0.25) is 16.0 Å². The van der Waals surface area contributed by atoms with Crippen LogP contribution in [0.1, 0.15) is 0 Å². The van der Waals surface area contributed by atoms with Gasteiger partial charge < -0.3 is 4.90 Å². The van der Waals surface area contributed by atoms with Crippen molar-refractivity contribution >= 4 is 38.6 Å². The molecule has 0 saturated carbocycles. The summed E-state index contributed by atoms with van der Waals surface area (Å²) in [5.41, 5.74) is 1.60. The highest BCUT2D eigenvalue weighted by Gasteiger charge is 2.26. The van der Waals surface area contributed by atoms with Gasteiger partial charge in [0.1, 0.15) is 11.4 Å². The molecule has 0 bridgehead atoms. The van der Waals surface area contributed by atoms with E-state index in [2.05, 4.69) is 10.2 Å². The standard InChI is InChI=1S/C16H17N5O2S3/c1-26(22,23)21-8-6-20(7-9-21)16-17-14(12-4-2-10-24-12)15(18-19-16)13-5-3-11-25-13/h2-5,10-11H,6-9H2,1H3. The molecule has 7 nitrogen and oxygen atoms in total. The van der Waals surface area contributed by atoms with Gasteiger partial charge in [0.15, 0.2) is 0 Å². The summed E-state index contributed by atoms with van der Waals surface area (Å²) in [7, 11) is -3.16. The zero-order chi connectivity index (χ0) is 18.1. The third-order valence-electron chi connectivity index (χ3n) is 4.18. The molecule has 0 radical (unpaired) electrons. The second-order valence-corrected chi connectivity index (χ2v) is 9.79. The lowest BCUT2D eigenvalue weighted by atomic mass is 10.2. The van der Waals surface area contributed by atoms with Crippen molar-refractivity contribution in [3.63, 3.8) is 0 Å². The Hall–Kier alpha value is -1.88. The number of sulfonamides is 1. The van der Waals surface area contributed by atoms with Gasteiger partial charge >= 0.3 is 0 Å². The van der Waals surface area contributed by atoms with E-state index in [4.69, 9.17) is 4.98 Å². The smallest absolute Gasteiger partial charge is 0.246 e. The molecule has 0 atom stereocenters. The highest BCUT2D eigenvalue weighted by atomic mass is 32.2. The quantitative estimate of drug-likeness (QED) is 0.661. The molecule has 4 heterocycles. The van der Waals surface area contributed by atoms with Crippen molar-refractivity contribution in [3.05, 3.63) is 35.0 Å². The van der Waals surface area contributed by atoms with Crippen LogP contribution in [0.2, 0.25) is 0 Å². The predicted molar refractivity (Wildman–Crippen MR) is 105 cm³/mol. The number of anilines is 1. The molecule has 0 spiro atoms. The number of hydrogen-bond acceptors (Lipinski definition) is 8. The molecule has 0 N–H and O–H groups in total. The Morgan fingerprint density at radius 1 is 0.923 bits per heavy atom. The van der Waals surface area contributed by atoms with E-state index in [1.165, 1.54) is 10.6 Å². The van der Waals surface area contributed by atoms with Gasteiger partial charge in [0, 0.05) is 26.2 Å². The lowest BCUT2D eigenvalue weighted by Crippen LogP contribution is -2.49. The van der Waals surface area contributed by atoms with Gasteiger partial charge in [0.05, 0.1) is 16.0 Å². The first kappa shape index (κ1) is 17.5. The van der Waals surface area contributed by atoms with Gasteiger partial charge in [-0.2, -0.15) is 4.31 Å². The van der Waals surface area contributed by atoms with Crippen LogP contribution in [0, 0.1) is 0 Å². The first-order valence-corrected chi connectivity index (χ1v) is 11.7. The first-order chi connectivity index (χ1) is 12.5. The summed E-state index contributed by atoms with van der Waals surface area (Å²) in [6.07, 6.45) is 1.24. The van der Waals surface area contributed by atoms with Crippen LogP contribution in [0.5, 0.6) is 0 Å². The first-order valence-electron chi connectivity index (χ1n) is 8.05. The summed E-state index contributed by atoms with van der Waals surface area (Å²) in [5, 5.41) is 12.8. The molecule has 1 saturated heterocycles. The van der Waals surface area contributed by atoms with Crippen LogP contribution in [0.25, 0.3) is 21.1 Å². The molecule has 1 aliphatic heterocycles. The van der Waals surface area contributed by atoms with Gasteiger partial charge in [-0.1, -0.05) is 12.1 Å². The average Bonchev–Trinajstić information content (AvgIpc) is 3.34. The maximum atomic E-state index is 11.7. The normalized spacial score (nSPS) is 16.1. The van der Waals surface area contributed by atoms with Crippen LogP contribution >= 0.6 is 22.7 Å². The molecule has 1 aliphatic rings. The van der Waals surface area contributed by atoms with E-state index in [0.29, 0.717) is 32.1 Å². The van der Waals surface area contributed by atoms with E-state index < -0.39 is 10.0 Å². The van der Waals surface area contributed by atoms with Crippen molar-refractivity contribution in [3.8, 4) is 21.1 Å². The predicted octanol–water partition coefficient (Wildman–Crippen LogP) is 2.41. The minimum atomic E-state index is -3.16. The minimum absolute atomic E-state index is 0.434. The Morgan fingerprint density at radius 2 is 1.54 bits per heavy atom. The number of rotatable bonds is 4. The van der Waals surface area contributed by atoms with Crippen molar-refractivity contribution in [1.82, 2.24) is 19.5 Å². The summed E-state index contributed by atoms with van der Waals surface area (Å²) >= 11 is 3.22. The molecule has 0 aliphatic carbocycles. The SMILES string of the molecule is CS(=O)(=O)N1CCN(c2nnc(-c3cccs3)c(-c3cccs3)n2)CC1. The largest absolute Gasteiger partial charge is 0.337 e. The number of nitrogens with zero attached hydrogens (tertiary/aromatic N) is 5. The third-order valence-corrected chi connectivity index (χ3v) is 7.23. The summed E-state index contributed by atoms with van der Waals surface area (Å²) in [5.74, 6) is 0.543. The monoisotopic (exact) mass is 407 g/mol. The van der Waals surface area contributed by atoms with Gasteiger partial charge in [-0.3, -0.25) is 0 Å². The summed E-state index contributed by atoms with van der Waals surface area (Å²) in [6.45, 7) is 1.97. The molecule has 3 aromatic heterocycles. The Kier molecular flexibility index (Phi) is 4.74. The zero-order valence-electron chi connectivity index (χ0n) is 14.1. The molecule has 3 aromatic rings. The van der Waals surface area contributed by atoms with Crippen LogP contribution in [0.4, 0.5) is 5.95 Å². The Bertz CT molecular complexity index is 979. The van der Waals surface area contributed by atoms with Crippen molar-refractivity contribution in [2.75, 3.05) is 37.3 Å². The molecule has 0 aromatic carbocycles. The van der Waals surface area contributed by atoms with Gasteiger partial charge in [0.25, 0.3) is 0 Å². The highest BCUT2D eigenvalue weighted by Crippen LogP contribution is 2.34. The van der Waals surface area contributed by atoms with Crippen LogP contribution in [0.3, 0.4) is 0 Å². The molecular formula is C16H17N5O2S3. The maximum absolute atomic E-state index is 11.7. The fraction of sp³-hybridized carbons (Fsp3) is 0.312. The van der Waals surface area contributed by atoms with Crippen molar-refractivity contribution < 1.29 is 8.42 Å². The second kappa shape index (κ2) is 7.03. The number of aromatic nitrogens is 3. The van der Waals surface area contributed by atoms with E-state index in [1.807, 2.05) is 39.9 Å². The fourth-order valence-electron chi connectivity index (χ4n) is 2.84. The number of piperazine rings is 1. The number of hydrogen-bond donors (Lipinski definition) is 0. The molecule has 0 unspecified atom stereocenters. The van der Waals surface area contributed by atoms with E-state index >= 15 is 0 Å². The molecule has 4 rings (SSSR count). The van der Waals surface area contributed by atoms with Crippen LogP contribution < -0.4 is 4.90 Å². The Balaban J connectivity index is 1.66. The molecule has 26 heavy (non-hydrogen) atoms. The highest BCUT2D eigenvalue weighted by molar-refractivity contribution is 7.88. The molecule has 10 heteroatoms. The molecule has 136 valence electrons. The lowest BCUT2D eigenvalue weighted by Gasteiger charge is -2.33. The summed E-state index contributed by atoms with van der Waals surface area (Å²) in [4.78, 5) is 8.84. The Morgan fingerprint density at radius 3 is 2.08 bits per heavy atom. The third kappa shape index (κ3) is 3.50. The molecular weight excluding hydrogens is 390 g/mol. The number of thiophene rings is 2. The minimum Gasteiger partial charge on any atom is -0.337 e. The second-order valence-electron chi connectivity index (χ2n) is 5.91. The van der Waals surface area contributed by atoms with Crippen LogP contribution in [0.15, 0.2) is 35.0 Å². The Labute approximate surface area is 160 Å². The zero-order valence-corrected chi connectivity index (χ0v) is 16.5. The van der Waals surface area contributed by atoms with E-state index in [0.717, 1.165) is 21.1 Å². The summed E-state index contributed by atoms with van der Waals surface area (Å²) in [6, 6.07) is 8.01. The average molecular weight is 408 g/mol. The van der Waals surface area contributed by atoms with Crippen LogP contribution in [-0.4, -0.2) is 60.3 Å². The van der Waals surface area contributed by atoms with Crippen molar-refractivity contribution in [2.24, 2.45) is 0 Å². The fourth-order valence-corrected chi connectivity index (χ4v) is 5.09. The lowest BCUT2D eigenvalue weighted by molar-refractivity contribution is 0.385. The van der Waals surface area contributed by atoms with Crippen molar-refractivity contribution in [2.45, 2.75) is 0 Å². The van der Waals surface area contributed by atoms with Crippen molar-refractivity contribution in [1.29, 1.82) is 0 Å². The van der Waals surface area contributed by atoms with E-state index in [1.54, 1.807) is 22.7 Å². The maximum Gasteiger partial charge on any atom is 0.246 e. The van der Waals surface area contributed by atoms with Gasteiger partial charge in [-0.25, -0.2) is 13.4 Å². The molecule has 1 fully saturated rings. The molecule has 0 amide bonds. The summed E-state index contributed by atoms with van der Waals surface area (Å²) < 4.78 is 24.8. The van der Waals surface area contributed by atoms with Gasteiger partial charge in [-0.15, -0.1) is 32.9 Å². The van der Waals surface area contributed by atoms with Gasteiger partial charge in [-0.05, 0) is 22.9 Å².